The molecule has 3 heteroatoms. The first kappa shape index (κ1) is 11.3. The molecule has 0 bridgehead atoms. The van der Waals surface area contributed by atoms with E-state index < -0.39 is 0 Å². The van der Waals surface area contributed by atoms with Gasteiger partial charge in [0, 0.05) is 18.8 Å². The Morgan fingerprint density at radius 2 is 2.00 bits per heavy atom. The number of nitrogens with two attached hydrogens (primary N) is 1. The maximum absolute atomic E-state index is 9.27. The zero-order valence-electron chi connectivity index (χ0n) is 9.60. The van der Waals surface area contributed by atoms with E-state index in [1.54, 1.807) is 12.1 Å². The minimum atomic E-state index is 0.328. The van der Waals surface area contributed by atoms with Gasteiger partial charge in [-0.2, -0.15) is 0 Å². The number of phenolic OH excluding ortho intramolecular Hbond substituents is 1. The SMILES string of the molecule is NCC1CCCCN(c2ccc(O)cc2)C1. The molecule has 1 aromatic carbocycles. The summed E-state index contributed by atoms with van der Waals surface area (Å²) in [7, 11) is 0. The third kappa shape index (κ3) is 2.67. The number of phenols is 1. The fourth-order valence-electron chi connectivity index (χ4n) is 2.32. The number of anilines is 1. The highest BCUT2D eigenvalue weighted by Crippen LogP contribution is 2.23. The summed E-state index contributed by atoms with van der Waals surface area (Å²) in [6.07, 6.45) is 3.75. The number of nitrogens with zero attached hydrogens (tertiary/aromatic N) is 1. The van der Waals surface area contributed by atoms with Gasteiger partial charge in [0.25, 0.3) is 0 Å². The van der Waals surface area contributed by atoms with Crippen LogP contribution in [0.5, 0.6) is 5.75 Å². The van der Waals surface area contributed by atoms with Crippen molar-refractivity contribution in [1.82, 2.24) is 0 Å². The van der Waals surface area contributed by atoms with Crippen LogP contribution in [0, 0.1) is 5.92 Å². The number of benzene rings is 1. The summed E-state index contributed by atoms with van der Waals surface area (Å²) in [6.45, 7) is 2.91. The Morgan fingerprint density at radius 3 is 2.69 bits per heavy atom. The van der Waals surface area contributed by atoms with Crippen molar-refractivity contribution in [2.45, 2.75) is 19.3 Å². The number of hydrogen-bond acceptors (Lipinski definition) is 3. The van der Waals surface area contributed by atoms with E-state index in [1.807, 2.05) is 12.1 Å². The van der Waals surface area contributed by atoms with Crippen molar-refractivity contribution in [1.29, 1.82) is 0 Å². The van der Waals surface area contributed by atoms with Crippen molar-refractivity contribution in [2.75, 3.05) is 24.5 Å². The van der Waals surface area contributed by atoms with E-state index in [2.05, 4.69) is 4.90 Å². The topological polar surface area (TPSA) is 49.5 Å². The second-order valence-corrected chi connectivity index (χ2v) is 4.56. The molecule has 0 amide bonds. The first-order valence-electron chi connectivity index (χ1n) is 6.03. The Hall–Kier alpha value is -1.22. The van der Waals surface area contributed by atoms with Gasteiger partial charge in [-0.15, -0.1) is 0 Å². The van der Waals surface area contributed by atoms with Gasteiger partial charge in [-0.05, 0) is 49.6 Å². The Balaban J connectivity index is 2.09. The lowest BCUT2D eigenvalue weighted by Crippen LogP contribution is -2.31. The summed E-state index contributed by atoms with van der Waals surface area (Å²) >= 11 is 0. The average Bonchev–Trinajstić information content (AvgIpc) is 2.55. The predicted octanol–water partition coefficient (Wildman–Crippen LogP) is 1.96. The molecule has 0 radical (unpaired) electrons. The molecule has 3 nitrogen and oxygen atoms in total. The highest BCUT2D eigenvalue weighted by Gasteiger charge is 2.17. The van der Waals surface area contributed by atoms with E-state index in [-0.39, 0.29) is 0 Å². The Bertz CT molecular complexity index is 323. The fourth-order valence-corrected chi connectivity index (χ4v) is 2.32. The first-order valence-corrected chi connectivity index (χ1v) is 6.03. The van der Waals surface area contributed by atoms with Crippen molar-refractivity contribution in [3.63, 3.8) is 0 Å². The fraction of sp³-hybridized carbons (Fsp3) is 0.538. The van der Waals surface area contributed by atoms with Crippen LogP contribution in [0.25, 0.3) is 0 Å². The van der Waals surface area contributed by atoms with Gasteiger partial charge >= 0.3 is 0 Å². The minimum absolute atomic E-state index is 0.328. The van der Waals surface area contributed by atoms with Gasteiger partial charge in [0.1, 0.15) is 5.75 Å². The Labute approximate surface area is 96.9 Å². The lowest BCUT2D eigenvalue weighted by atomic mass is 10.0. The number of aromatic hydroxyl groups is 1. The standard InChI is InChI=1S/C13H20N2O/c14-9-11-3-1-2-8-15(10-11)12-4-6-13(16)7-5-12/h4-7,11,16H,1-3,8-10,14H2. The third-order valence-corrected chi connectivity index (χ3v) is 3.32. The van der Waals surface area contributed by atoms with Crippen LogP contribution in [-0.4, -0.2) is 24.7 Å². The average molecular weight is 220 g/mol. The number of rotatable bonds is 2. The van der Waals surface area contributed by atoms with Gasteiger partial charge in [-0.1, -0.05) is 6.42 Å². The van der Waals surface area contributed by atoms with E-state index in [9.17, 15) is 5.11 Å². The molecule has 3 N–H and O–H groups in total. The van der Waals surface area contributed by atoms with Gasteiger partial charge in [0.05, 0.1) is 0 Å². The van der Waals surface area contributed by atoms with Crippen LogP contribution >= 0.6 is 0 Å². The molecule has 1 aliphatic heterocycles. The molecule has 88 valence electrons. The third-order valence-electron chi connectivity index (χ3n) is 3.32. The molecule has 1 saturated heterocycles. The molecule has 0 aliphatic carbocycles. The van der Waals surface area contributed by atoms with E-state index in [4.69, 9.17) is 5.73 Å². The normalized spacial score (nSPS) is 21.8. The summed E-state index contributed by atoms with van der Waals surface area (Å²) in [5.74, 6) is 0.935. The molecule has 1 unspecified atom stereocenters. The summed E-state index contributed by atoms with van der Waals surface area (Å²) in [4.78, 5) is 2.38. The molecule has 1 heterocycles. The van der Waals surface area contributed by atoms with Crippen LogP contribution in [0.2, 0.25) is 0 Å². The highest BCUT2D eigenvalue weighted by atomic mass is 16.3. The lowest BCUT2D eigenvalue weighted by Gasteiger charge is -2.25. The van der Waals surface area contributed by atoms with Crippen LogP contribution in [0.3, 0.4) is 0 Å². The molecular weight excluding hydrogens is 200 g/mol. The molecule has 1 fully saturated rings. The maximum Gasteiger partial charge on any atom is 0.115 e. The molecule has 1 aromatic rings. The van der Waals surface area contributed by atoms with Gasteiger partial charge in [0.15, 0.2) is 0 Å². The zero-order chi connectivity index (χ0) is 11.4. The van der Waals surface area contributed by atoms with Crippen LogP contribution in [0.1, 0.15) is 19.3 Å². The van der Waals surface area contributed by atoms with Gasteiger partial charge in [-0.3, -0.25) is 0 Å². The molecule has 1 aliphatic rings. The van der Waals surface area contributed by atoms with E-state index in [0.29, 0.717) is 11.7 Å². The van der Waals surface area contributed by atoms with Crippen LogP contribution in [-0.2, 0) is 0 Å². The second-order valence-electron chi connectivity index (χ2n) is 4.56. The number of hydrogen-bond donors (Lipinski definition) is 2. The molecular formula is C13H20N2O. The van der Waals surface area contributed by atoms with Crippen molar-refractivity contribution in [3.05, 3.63) is 24.3 Å². The predicted molar refractivity (Wildman–Crippen MR) is 66.7 cm³/mol. The van der Waals surface area contributed by atoms with Gasteiger partial charge < -0.3 is 15.7 Å². The molecule has 16 heavy (non-hydrogen) atoms. The Kier molecular flexibility index (Phi) is 3.67. The summed E-state index contributed by atoms with van der Waals surface area (Å²) in [6, 6.07) is 7.46. The second kappa shape index (κ2) is 5.21. The highest BCUT2D eigenvalue weighted by molar-refractivity contribution is 5.48. The quantitative estimate of drug-likeness (QED) is 0.801. The van der Waals surface area contributed by atoms with Crippen molar-refractivity contribution in [2.24, 2.45) is 11.7 Å². The first-order chi connectivity index (χ1) is 7.79. The van der Waals surface area contributed by atoms with Crippen molar-refractivity contribution in [3.8, 4) is 5.75 Å². The van der Waals surface area contributed by atoms with E-state index >= 15 is 0 Å². The van der Waals surface area contributed by atoms with Gasteiger partial charge in [-0.25, -0.2) is 0 Å². The summed E-state index contributed by atoms with van der Waals surface area (Å²) in [5, 5.41) is 9.27. The molecule has 0 saturated carbocycles. The molecule has 1 atom stereocenters. The van der Waals surface area contributed by atoms with E-state index in [1.165, 1.54) is 24.9 Å². The largest absolute Gasteiger partial charge is 0.508 e. The lowest BCUT2D eigenvalue weighted by molar-refractivity contribution is 0.475. The summed E-state index contributed by atoms with van der Waals surface area (Å²) < 4.78 is 0. The Morgan fingerprint density at radius 1 is 1.25 bits per heavy atom. The smallest absolute Gasteiger partial charge is 0.115 e. The van der Waals surface area contributed by atoms with Crippen LogP contribution in [0.15, 0.2) is 24.3 Å². The zero-order valence-corrected chi connectivity index (χ0v) is 9.60. The van der Waals surface area contributed by atoms with Crippen molar-refractivity contribution >= 4 is 5.69 Å². The van der Waals surface area contributed by atoms with Crippen LogP contribution in [0.4, 0.5) is 5.69 Å². The van der Waals surface area contributed by atoms with Crippen LogP contribution < -0.4 is 10.6 Å². The van der Waals surface area contributed by atoms with Crippen molar-refractivity contribution < 1.29 is 5.11 Å². The van der Waals surface area contributed by atoms with Gasteiger partial charge in [0.2, 0.25) is 0 Å². The molecule has 0 aromatic heterocycles. The maximum atomic E-state index is 9.27. The summed E-state index contributed by atoms with van der Waals surface area (Å²) in [5.41, 5.74) is 6.96. The monoisotopic (exact) mass is 220 g/mol. The molecule has 0 spiro atoms. The molecule has 2 rings (SSSR count). The minimum Gasteiger partial charge on any atom is -0.508 e. The van der Waals surface area contributed by atoms with E-state index in [0.717, 1.165) is 19.6 Å².